The second-order valence-corrected chi connectivity index (χ2v) is 4.42. The summed E-state index contributed by atoms with van der Waals surface area (Å²) < 4.78 is 5.47. The summed E-state index contributed by atoms with van der Waals surface area (Å²) in [6.45, 7) is 5.60. The molecule has 5 nitrogen and oxygen atoms in total. The number of nitrogens with one attached hydrogen (secondary N) is 1. The molecule has 1 heterocycles. The van der Waals surface area contributed by atoms with Crippen molar-refractivity contribution in [1.82, 2.24) is 10.2 Å². The van der Waals surface area contributed by atoms with Gasteiger partial charge in [0.1, 0.15) is 0 Å². The van der Waals surface area contributed by atoms with Crippen molar-refractivity contribution in [3.63, 3.8) is 0 Å². The van der Waals surface area contributed by atoms with E-state index in [9.17, 15) is 4.79 Å². The fourth-order valence-corrected chi connectivity index (χ4v) is 1.98. The predicted molar refractivity (Wildman–Crippen MR) is 65.8 cm³/mol. The van der Waals surface area contributed by atoms with Gasteiger partial charge < -0.3 is 15.2 Å². The second kappa shape index (κ2) is 8.44. The summed E-state index contributed by atoms with van der Waals surface area (Å²) in [7, 11) is 0. The van der Waals surface area contributed by atoms with Crippen molar-refractivity contribution in [2.75, 3.05) is 39.4 Å². The smallest absolute Gasteiger partial charge is 0.234 e. The highest BCUT2D eigenvalue weighted by Crippen LogP contribution is 2.12. The Labute approximate surface area is 103 Å². The number of aliphatic hydroxyl groups is 1. The van der Waals surface area contributed by atoms with Crippen LogP contribution in [0.2, 0.25) is 0 Å². The van der Waals surface area contributed by atoms with Gasteiger partial charge in [-0.2, -0.15) is 0 Å². The van der Waals surface area contributed by atoms with Crippen LogP contribution < -0.4 is 5.32 Å². The van der Waals surface area contributed by atoms with Gasteiger partial charge in [-0.15, -0.1) is 0 Å². The van der Waals surface area contributed by atoms with Gasteiger partial charge in [0.2, 0.25) is 5.91 Å². The van der Waals surface area contributed by atoms with Crippen molar-refractivity contribution in [1.29, 1.82) is 0 Å². The number of rotatable bonds is 7. The van der Waals surface area contributed by atoms with Crippen molar-refractivity contribution >= 4 is 5.91 Å². The molecule has 0 bridgehead atoms. The first-order valence-corrected chi connectivity index (χ1v) is 6.47. The van der Waals surface area contributed by atoms with Crippen LogP contribution in [0.5, 0.6) is 0 Å². The lowest BCUT2D eigenvalue weighted by molar-refractivity contribution is -0.123. The lowest BCUT2D eigenvalue weighted by atomic mass is 10.1. The monoisotopic (exact) mass is 244 g/mol. The molecule has 1 fully saturated rings. The average molecular weight is 244 g/mol. The van der Waals surface area contributed by atoms with E-state index in [0.717, 1.165) is 38.9 Å². The number of nitrogens with zero attached hydrogens (tertiary/aromatic N) is 1. The maximum absolute atomic E-state index is 11.5. The molecule has 5 heteroatoms. The molecule has 1 aliphatic rings. The number of hydrogen-bond donors (Lipinski definition) is 2. The third-order valence-electron chi connectivity index (χ3n) is 2.92. The molecule has 0 aromatic rings. The maximum atomic E-state index is 11.5. The van der Waals surface area contributed by atoms with Crippen LogP contribution >= 0.6 is 0 Å². The Bertz CT molecular complexity index is 216. The van der Waals surface area contributed by atoms with Gasteiger partial charge in [0, 0.05) is 19.6 Å². The standard InChI is InChI=1S/C12H24N2O3/c1-2-5-13-12(16)10-14-6-3-11(4-7-14)17-9-8-15/h11,15H,2-10H2,1H3,(H,13,16). The van der Waals surface area contributed by atoms with Crippen LogP contribution in [0.1, 0.15) is 26.2 Å². The van der Waals surface area contributed by atoms with Crippen molar-refractivity contribution in [2.24, 2.45) is 0 Å². The molecule has 1 saturated heterocycles. The summed E-state index contributed by atoms with van der Waals surface area (Å²) in [6.07, 6.45) is 3.11. The van der Waals surface area contributed by atoms with Crippen molar-refractivity contribution in [3.05, 3.63) is 0 Å². The number of hydrogen-bond acceptors (Lipinski definition) is 4. The van der Waals surface area contributed by atoms with Gasteiger partial charge in [0.05, 0.1) is 25.9 Å². The number of amides is 1. The number of piperidine rings is 1. The van der Waals surface area contributed by atoms with E-state index < -0.39 is 0 Å². The molecule has 0 aliphatic carbocycles. The zero-order valence-corrected chi connectivity index (χ0v) is 10.7. The number of carbonyl (C=O) groups excluding carboxylic acids is 1. The Morgan fingerprint density at radius 3 is 2.76 bits per heavy atom. The first-order valence-electron chi connectivity index (χ1n) is 6.47. The Hall–Kier alpha value is -0.650. The summed E-state index contributed by atoms with van der Waals surface area (Å²) in [6, 6.07) is 0. The fraction of sp³-hybridized carbons (Fsp3) is 0.917. The molecule has 0 spiro atoms. The van der Waals surface area contributed by atoms with E-state index in [1.54, 1.807) is 0 Å². The molecule has 2 N–H and O–H groups in total. The fourth-order valence-electron chi connectivity index (χ4n) is 1.98. The molecular formula is C12H24N2O3. The average Bonchev–Trinajstić information content (AvgIpc) is 2.35. The molecule has 1 amide bonds. The first-order chi connectivity index (χ1) is 8.26. The lowest BCUT2D eigenvalue weighted by Crippen LogP contribution is -2.43. The zero-order valence-electron chi connectivity index (χ0n) is 10.7. The third kappa shape index (κ3) is 6.00. The second-order valence-electron chi connectivity index (χ2n) is 4.42. The molecule has 100 valence electrons. The minimum atomic E-state index is 0.0830. The van der Waals surface area contributed by atoms with Gasteiger partial charge in [-0.3, -0.25) is 9.69 Å². The molecule has 0 atom stereocenters. The summed E-state index contributed by atoms with van der Waals surface area (Å²) in [5, 5.41) is 11.5. The van der Waals surface area contributed by atoms with Gasteiger partial charge in [-0.1, -0.05) is 6.92 Å². The van der Waals surface area contributed by atoms with Crippen LogP contribution in [0.25, 0.3) is 0 Å². The van der Waals surface area contributed by atoms with Crippen molar-refractivity contribution < 1.29 is 14.6 Å². The largest absolute Gasteiger partial charge is 0.394 e. The number of aliphatic hydroxyl groups excluding tert-OH is 1. The van der Waals surface area contributed by atoms with E-state index in [4.69, 9.17) is 9.84 Å². The third-order valence-corrected chi connectivity index (χ3v) is 2.92. The topological polar surface area (TPSA) is 61.8 Å². The molecule has 1 aliphatic heterocycles. The first kappa shape index (κ1) is 14.4. The molecule has 0 saturated carbocycles. The molecule has 0 unspecified atom stereocenters. The normalized spacial score (nSPS) is 18.2. The van der Waals surface area contributed by atoms with Crippen molar-refractivity contribution in [3.8, 4) is 0 Å². The zero-order chi connectivity index (χ0) is 12.5. The molecule has 1 rings (SSSR count). The van der Waals surface area contributed by atoms with Gasteiger partial charge >= 0.3 is 0 Å². The number of carbonyl (C=O) groups is 1. The number of ether oxygens (including phenoxy) is 1. The SMILES string of the molecule is CCCNC(=O)CN1CCC(OCCO)CC1. The highest BCUT2D eigenvalue weighted by molar-refractivity contribution is 5.77. The Morgan fingerprint density at radius 1 is 1.47 bits per heavy atom. The summed E-state index contributed by atoms with van der Waals surface area (Å²) >= 11 is 0. The minimum Gasteiger partial charge on any atom is -0.394 e. The Kier molecular flexibility index (Phi) is 7.16. The Morgan fingerprint density at radius 2 is 2.18 bits per heavy atom. The molecule has 0 aromatic carbocycles. The van der Waals surface area contributed by atoms with E-state index in [-0.39, 0.29) is 18.6 Å². The number of likely N-dealkylation sites (tertiary alicyclic amines) is 1. The van der Waals surface area contributed by atoms with Gasteiger partial charge in [-0.25, -0.2) is 0 Å². The van der Waals surface area contributed by atoms with Crippen molar-refractivity contribution in [2.45, 2.75) is 32.3 Å². The van der Waals surface area contributed by atoms with Gasteiger partial charge in [0.25, 0.3) is 0 Å². The van der Waals surface area contributed by atoms with Gasteiger partial charge in [-0.05, 0) is 19.3 Å². The van der Waals surface area contributed by atoms with E-state index in [1.807, 2.05) is 6.92 Å². The van der Waals surface area contributed by atoms with Crippen LogP contribution in [0.4, 0.5) is 0 Å². The highest BCUT2D eigenvalue weighted by atomic mass is 16.5. The molecule has 0 aromatic heterocycles. The minimum absolute atomic E-state index is 0.0830. The van der Waals surface area contributed by atoms with E-state index >= 15 is 0 Å². The molecular weight excluding hydrogens is 220 g/mol. The van der Waals surface area contributed by atoms with E-state index in [2.05, 4.69) is 10.2 Å². The summed E-state index contributed by atoms with van der Waals surface area (Å²) in [5.41, 5.74) is 0. The highest BCUT2D eigenvalue weighted by Gasteiger charge is 2.20. The predicted octanol–water partition coefficient (Wildman–Crippen LogP) is -0.0141. The van der Waals surface area contributed by atoms with E-state index in [0.29, 0.717) is 13.2 Å². The summed E-state index contributed by atoms with van der Waals surface area (Å²) in [4.78, 5) is 13.7. The quantitative estimate of drug-likeness (QED) is 0.661. The van der Waals surface area contributed by atoms with Crippen LogP contribution in [0.15, 0.2) is 0 Å². The van der Waals surface area contributed by atoms with Crippen LogP contribution in [-0.2, 0) is 9.53 Å². The molecule has 17 heavy (non-hydrogen) atoms. The van der Waals surface area contributed by atoms with Crippen LogP contribution in [-0.4, -0.2) is 61.4 Å². The maximum Gasteiger partial charge on any atom is 0.234 e. The van der Waals surface area contributed by atoms with Crippen LogP contribution in [0, 0.1) is 0 Å². The van der Waals surface area contributed by atoms with Crippen LogP contribution in [0.3, 0.4) is 0 Å². The van der Waals surface area contributed by atoms with E-state index in [1.165, 1.54) is 0 Å². The lowest BCUT2D eigenvalue weighted by Gasteiger charge is -2.31. The molecule has 0 radical (unpaired) electrons. The Balaban J connectivity index is 2.12. The van der Waals surface area contributed by atoms with Gasteiger partial charge in [0.15, 0.2) is 0 Å². The summed E-state index contributed by atoms with van der Waals surface area (Å²) in [5.74, 6) is 0.113.